The molecule has 0 saturated heterocycles. The summed E-state index contributed by atoms with van der Waals surface area (Å²) < 4.78 is 14.9. The molecule has 1 aliphatic heterocycles. The molecular weight excluding hydrogens is 248 g/mol. The van der Waals surface area contributed by atoms with Crippen LogP contribution in [0.25, 0.3) is 0 Å². The van der Waals surface area contributed by atoms with Crippen molar-refractivity contribution in [2.45, 2.75) is 13.0 Å². The van der Waals surface area contributed by atoms with E-state index < -0.39 is 12.1 Å². The molecular formula is C11H11ClO5. The first-order valence-corrected chi connectivity index (χ1v) is 5.28. The summed E-state index contributed by atoms with van der Waals surface area (Å²) in [4.78, 5) is 11.3. The number of rotatable bonds is 2. The molecule has 2 rings (SSSR count). The van der Waals surface area contributed by atoms with Crippen molar-refractivity contribution >= 4 is 17.6 Å². The van der Waals surface area contributed by atoms with E-state index >= 15 is 0 Å². The molecule has 17 heavy (non-hydrogen) atoms. The number of ether oxygens (including phenoxy) is 3. The number of methoxy groups -OCH3 is 1. The third-order valence-corrected chi connectivity index (χ3v) is 2.91. The van der Waals surface area contributed by atoms with E-state index in [9.17, 15) is 9.90 Å². The van der Waals surface area contributed by atoms with Crippen LogP contribution >= 0.6 is 11.6 Å². The average Bonchev–Trinajstić information content (AvgIpc) is 2.75. The SMILES string of the molecule is COC(=O)C(O)c1c(Cl)cc2c(c1C)OCO2. The molecule has 0 bridgehead atoms. The number of fused-ring (bicyclic) bond motifs is 1. The van der Waals surface area contributed by atoms with Crippen molar-refractivity contribution < 1.29 is 24.1 Å². The zero-order chi connectivity index (χ0) is 12.6. The van der Waals surface area contributed by atoms with Crippen LogP contribution in [0.5, 0.6) is 11.5 Å². The molecule has 1 aromatic carbocycles. The Labute approximate surface area is 103 Å². The van der Waals surface area contributed by atoms with Crippen LogP contribution in [-0.4, -0.2) is 25.0 Å². The number of hydrogen-bond donors (Lipinski definition) is 1. The van der Waals surface area contributed by atoms with Gasteiger partial charge in [-0.2, -0.15) is 0 Å². The van der Waals surface area contributed by atoms with Crippen LogP contribution in [-0.2, 0) is 9.53 Å². The highest BCUT2D eigenvalue weighted by atomic mass is 35.5. The molecule has 5 nitrogen and oxygen atoms in total. The first-order chi connectivity index (χ1) is 8.06. The maximum atomic E-state index is 11.3. The molecule has 1 N–H and O–H groups in total. The summed E-state index contributed by atoms with van der Waals surface area (Å²) in [5.41, 5.74) is 0.852. The Morgan fingerprint density at radius 1 is 1.59 bits per heavy atom. The predicted octanol–water partition coefficient (Wildman–Crippen LogP) is 1.58. The number of benzene rings is 1. The fraction of sp³-hybridized carbons (Fsp3) is 0.364. The Bertz CT molecular complexity index is 471. The summed E-state index contributed by atoms with van der Waals surface area (Å²) in [5, 5.41) is 10.1. The van der Waals surface area contributed by atoms with Crippen molar-refractivity contribution in [3.05, 3.63) is 22.2 Å². The van der Waals surface area contributed by atoms with Crippen LogP contribution < -0.4 is 9.47 Å². The molecule has 1 unspecified atom stereocenters. The Kier molecular flexibility index (Phi) is 3.13. The van der Waals surface area contributed by atoms with Crippen molar-refractivity contribution in [3.63, 3.8) is 0 Å². The van der Waals surface area contributed by atoms with E-state index in [1.54, 1.807) is 6.92 Å². The van der Waals surface area contributed by atoms with Crippen LogP contribution in [0.3, 0.4) is 0 Å². The van der Waals surface area contributed by atoms with Gasteiger partial charge < -0.3 is 19.3 Å². The minimum absolute atomic E-state index is 0.101. The van der Waals surface area contributed by atoms with E-state index in [4.69, 9.17) is 21.1 Å². The second-order valence-corrected chi connectivity index (χ2v) is 3.96. The van der Waals surface area contributed by atoms with Gasteiger partial charge in [0.1, 0.15) is 0 Å². The lowest BCUT2D eigenvalue weighted by Crippen LogP contribution is -2.15. The van der Waals surface area contributed by atoms with Crippen molar-refractivity contribution in [2.24, 2.45) is 0 Å². The smallest absolute Gasteiger partial charge is 0.339 e. The molecule has 1 aliphatic rings. The normalized spacial score (nSPS) is 14.6. The molecule has 1 atom stereocenters. The summed E-state index contributed by atoms with van der Waals surface area (Å²) >= 11 is 6.01. The molecule has 92 valence electrons. The molecule has 1 aromatic rings. The first kappa shape index (κ1) is 12.0. The highest BCUT2D eigenvalue weighted by molar-refractivity contribution is 6.32. The summed E-state index contributed by atoms with van der Waals surface area (Å²) in [6.45, 7) is 1.80. The van der Waals surface area contributed by atoms with Crippen LogP contribution in [0.4, 0.5) is 0 Å². The molecule has 0 aliphatic carbocycles. The number of carbonyl (C=O) groups excluding carboxylic acids is 1. The van der Waals surface area contributed by atoms with E-state index in [1.807, 2.05) is 0 Å². The monoisotopic (exact) mass is 258 g/mol. The minimum Gasteiger partial charge on any atom is -0.467 e. The predicted molar refractivity (Wildman–Crippen MR) is 59.3 cm³/mol. The molecule has 1 heterocycles. The molecule has 0 saturated carbocycles. The van der Waals surface area contributed by atoms with Gasteiger partial charge in [0.25, 0.3) is 0 Å². The number of hydrogen-bond acceptors (Lipinski definition) is 5. The fourth-order valence-corrected chi connectivity index (χ4v) is 2.09. The van der Waals surface area contributed by atoms with Crippen molar-refractivity contribution in [2.75, 3.05) is 13.9 Å². The average molecular weight is 259 g/mol. The van der Waals surface area contributed by atoms with Crippen molar-refractivity contribution in [1.82, 2.24) is 0 Å². The summed E-state index contributed by atoms with van der Waals surface area (Å²) in [5.74, 6) is 0.231. The number of esters is 1. The van der Waals surface area contributed by atoms with Gasteiger partial charge in [-0.3, -0.25) is 0 Å². The lowest BCUT2D eigenvalue weighted by molar-refractivity contribution is -0.150. The standard InChI is InChI=1S/C11H11ClO5/c1-5-8(9(13)11(14)15-2)6(12)3-7-10(5)17-4-16-7/h3,9,13H,4H2,1-2H3. The fourth-order valence-electron chi connectivity index (χ4n) is 1.75. The maximum absolute atomic E-state index is 11.3. The van der Waals surface area contributed by atoms with Gasteiger partial charge >= 0.3 is 5.97 Å². The highest BCUT2D eigenvalue weighted by Crippen LogP contribution is 2.43. The Morgan fingerprint density at radius 3 is 2.94 bits per heavy atom. The summed E-state index contributed by atoms with van der Waals surface area (Å²) in [7, 11) is 1.20. The number of aliphatic hydroxyl groups is 1. The van der Waals surface area contributed by atoms with Crippen LogP contribution in [0, 0.1) is 6.92 Å². The maximum Gasteiger partial charge on any atom is 0.339 e. The lowest BCUT2D eigenvalue weighted by Gasteiger charge is -2.15. The summed E-state index contributed by atoms with van der Waals surface area (Å²) in [6, 6.07) is 1.51. The molecule has 0 radical (unpaired) electrons. The number of aliphatic hydroxyl groups excluding tert-OH is 1. The topological polar surface area (TPSA) is 65.0 Å². The number of halogens is 1. The second kappa shape index (κ2) is 4.43. The largest absolute Gasteiger partial charge is 0.467 e. The highest BCUT2D eigenvalue weighted by Gasteiger charge is 2.28. The third-order valence-electron chi connectivity index (χ3n) is 2.60. The van der Waals surface area contributed by atoms with Gasteiger partial charge in [0, 0.05) is 17.2 Å². The Balaban J connectivity index is 2.51. The van der Waals surface area contributed by atoms with E-state index in [2.05, 4.69) is 4.74 Å². The van der Waals surface area contributed by atoms with Crippen LogP contribution in [0.15, 0.2) is 6.07 Å². The Morgan fingerprint density at radius 2 is 2.29 bits per heavy atom. The van der Waals surface area contributed by atoms with E-state index in [0.29, 0.717) is 17.1 Å². The van der Waals surface area contributed by atoms with Gasteiger partial charge in [0.15, 0.2) is 17.6 Å². The second-order valence-electron chi connectivity index (χ2n) is 3.56. The van der Waals surface area contributed by atoms with Crippen molar-refractivity contribution in [1.29, 1.82) is 0 Å². The first-order valence-electron chi connectivity index (χ1n) is 4.90. The zero-order valence-electron chi connectivity index (χ0n) is 9.32. The van der Waals surface area contributed by atoms with Gasteiger partial charge in [0.05, 0.1) is 12.1 Å². The number of carbonyl (C=O) groups is 1. The van der Waals surface area contributed by atoms with E-state index in [0.717, 1.165) is 0 Å². The van der Waals surface area contributed by atoms with E-state index in [-0.39, 0.29) is 17.4 Å². The van der Waals surface area contributed by atoms with Gasteiger partial charge in [-0.1, -0.05) is 11.6 Å². The molecule has 0 fully saturated rings. The van der Waals surface area contributed by atoms with Gasteiger partial charge in [-0.15, -0.1) is 0 Å². The summed E-state index contributed by atoms with van der Waals surface area (Å²) in [6.07, 6.45) is -1.43. The molecule has 6 heteroatoms. The minimum atomic E-state index is -1.43. The molecule has 0 aromatic heterocycles. The van der Waals surface area contributed by atoms with Crippen LogP contribution in [0.2, 0.25) is 5.02 Å². The van der Waals surface area contributed by atoms with E-state index in [1.165, 1.54) is 13.2 Å². The lowest BCUT2D eigenvalue weighted by atomic mass is 10.0. The van der Waals surface area contributed by atoms with Crippen LogP contribution in [0.1, 0.15) is 17.2 Å². The Hall–Kier alpha value is -1.46. The van der Waals surface area contributed by atoms with Gasteiger partial charge in [-0.05, 0) is 6.92 Å². The quantitative estimate of drug-likeness (QED) is 0.816. The van der Waals surface area contributed by atoms with Gasteiger partial charge in [0.2, 0.25) is 6.79 Å². The molecule has 0 amide bonds. The molecule has 0 spiro atoms. The zero-order valence-corrected chi connectivity index (χ0v) is 10.1. The third kappa shape index (κ3) is 1.92. The van der Waals surface area contributed by atoms with Crippen molar-refractivity contribution in [3.8, 4) is 11.5 Å². The van der Waals surface area contributed by atoms with Gasteiger partial charge in [-0.25, -0.2) is 4.79 Å².